The Morgan fingerprint density at radius 1 is 1.53 bits per heavy atom. The van der Waals surface area contributed by atoms with Crippen LogP contribution in [0.25, 0.3) is 0 Å². The fourth-order valence-corrected chi connectivity index (χ4v) is 1.13. The summed E-state index contributed by atoms with van der Waals surface area (Å²) in [4.78, 5) is 18.4. The van der Waals surface area contributed by atoms with Gasteiger partial charge in [0.05, 0.1) is 7.11 Å². The summed E-state index contributed by atoms with van der Waals surface area (Å²) in [6, 6.07) is 0. The van der Waals surface area contributed by atoms with Crippen molar-refractivity contribution in [2.75, 3.05) is 13.7 Å². The molecule has 0 amide bonds. The first-order valence-electron chi connectivity index (χ1n) is 4.44. The molecule has 0 unspecified atom stereocenters. The summed E-state index contributed by atoms with van der Waals surface area (Å²) < 4.78 is 34.3. The normalized spacial score (nSPS) is 11.1. The number of alkyl halides is 2. The molecule has 5 nitrogen and oxygen atoms in total. The monoisotopic (exact) mass is 266 g/mol. The molecule has 1 rings (SSSR count). The number of hydrogen-bond donors (Lipinski definition) is 0. The van der Waals surface area contributed by atoms with E-state index >= 15 is 0 Å². The van der Waals surface area contributed by atoms with Crippen LogP contribution in [0.4, 0.5) is 8.78 Å². The third kappa shape index (κ3) is 3.77. The highest BCUT2D eigenvalue weighted by Crippen LogP contribution is 2.24. The van der Waals surface area contributed by atoms with Crippen LogP contribution in [0.5, 0.6) is 5.88 Å². The van der Waals surface area contributed by atoms with E-state index in [0.717, 1.165) is 13.4 Å². The zero-order chi connectivity index (χ0) is 13.1. The zero-order valence-electron chi connectivity index (χ0n) is 9.04. The van der Waals surface area contributed by atoms with Crippen molar-refractivity contribution in [2.45, 2.75) is 12.8 Å². The van der Waals surface area contributed by atoms with E-state index in [4.69, 9.17) is 16.3 Å². The lowest BCUT2D eigenvalue weighted by atomic mass is 10.3. The summed E-state index contributed by atoms with van der Waals surface area (Å²) in [5, 5.41) is -0.221. The number of ether oxygens (including phenoxy) is 2. The second-order valence-corrected chi connectivity index (χ2v) is 3.55. The Labute approximate surface area is 101 Å². The molecule has 0 aliphatic carbocycles. The Morgan fingerprint density at radius 2 is 2.18 bits per heavy atom. The SMILES string of the molecule is COC(=O)c1c(Cl)ncnc1OCC(C)(F)F. The summed E-state index contributed by atoms with van der Waals surface area (Å²) in [7, 11) is 1.11. The van der Waals surface area contributed by atoms with Crippen molar-refractivity contribution in [3.8, 4) is 5.88 Å². The van der Waals surface area contributed by atoms with Gasteiger partial charge < -0.3 is 9.47 Å². The molecule has 1 heterocycles. The van der Waals surface area contributed by atoms with Gasteiger partial charge in [0.2, 0.25) is 5.88 Å². The second kappa shape index (κ2) is 5.22. The van der Waals surface area contributed by atoms with Crippen LogP contribution in [0.3, 0.4) is 0 Å². The minimum absolute atomic E-state index is 0.221. The van der Waals surface area contributed by atoms with E-state index in [1.165, 1.54) is 0 Å². The molecule has 1 aromatic heterocycles. The Morgan fingerprint density at radius 3 is 2.71 bits per heavy atom. The predicted molar refractivity (Wildman–Crippen MR) is 54.5 cm³/mol. The van der Waals surface area contributed by atoms with E-state index in [9.17, 15) is 13.6 Å². The smallest absolute Gasteiger partial charge is 0.346 e. The topological polar surface area (TPSA) is 61.3 Å². The summed E-state index contributed by atoms with van der Waals surface area (Å²) >= 11 is 5.63. The van der Waals surface area contributed by atoms with Gasteiger partial charge in [-0.3, -0.25) is 0 Å². The summed E-state index contributed by atoms with van der Waals surface area (Å²) in [6.45, 7) is -0.252. The number of esters is 1. The molecule has 0 bridgehead atoms. The molecule has 94 valence electrons. The molecule has 17 heavy (non-hydrogen) atoms. The van der Waals surface area contributed by atoms with Gasteiger partial charge in [-0.05, 0) is 0 Å². The highest BCUT2D eigenvalue weighted by molar-refractivity contribution is 6.32. The van der Waals surface area contributed by atoms with Crippen molar-refractivity contribution in [1.82, 2.24) is 9.97 Å². The number of aromatic nitrogens is 2. The fraction of sp³-hybridized carbons (Fsp3) is 0.444. The lowest BCUT2D eigenvalue weighted by Gasteiger charge is -2.13. The van der Waals surface area contributed by atoms with Crippen molar-refractivity contribution >= 4 is 17.6 Å². The van der Waals surface area contributed by atoms with Gasteiger partial charge in [0, 0.05) is 6.92 Å². The summed E-state index contributed by atoms with van der Waals surface area (Å²) in [6.07, 6.45) is 0.998. The molecule has 0 radical (unpaired) electrons. The Hall–Kier alpha value is -1.50. The van der Waals surface area contributed by atoms with Gasteiger partial charge in [-0.2, -0.15) is 0 Å². The molecule has 0 saturated carbocycles. The van der Waals surface area contributed by atoms with Crippen LogP contribution in [-0.2, 0) is 4.74 Å². The van der Waals surface area contributed by atoms with Crippen LogP contribution in [0, 0.1) is 0 Å². The standard InChI is InChI=1S/C9H9ClF2N2O3/c1-9(11,12)3-17-7-5(8(15)16-2)6(10)13-4-14-7/h4H,3H2,1-2H3. The summed E-state index contributed by atoms with van der Waals surface area (Å²) in [5.41, 5.74) is -0.277. The van der Waals surface area contributed by atoms with Crippen LogP contribution in [0.1, 0.15) is 17.3 Å². The number of carbonyl (C=O) groups excluding carboxylic acids is 1. The number of hydrogen-bond acceptors (Lipinski definition) is 5. The van der Waals surface area contributed by atoms with Gasteiger partial charge in [-0.1, -0.05) is 11.6 Å². The van der Waals surface area contributed by atoms with E-state index in [0.29, 0.717) is 6.92 Å². The molecule has 0 N–H and O–H groups in total. The number of halogens is 3. The second-order valence-electron chi connectivity index (χ2n) is 3.20. The highest BCUT2D eigenvalue weighted by atomic mass is 35.5. The van der Waals surface area contributed by atoms with E-state index < -0.39 is 18.5 Å². The molecule has 0 fully saturated rings. The van der Waals surface area contributed by atoms with Crippen molar-refractivity contribution in [2.24, 2.45) is 0 Å². The van der Waals surface area contributed by atoms with Gasteiger partial charge in [0.1, 0.15) is 6.33 Å². The first-order valence-corrected chi connectivity index (χ1v) is 4.82. The van der Waals surface area contributed by atoms with Gasteiger partial charge in [-0.15, -0.1) is 0 Å². The van der Waals surface area contributed by atoms with Crippen LogP contribution < -0.4 is 4.74 Å². The van der Waals surface area contributed by atoms with Gasteiger partial charge >= 0.3 is 5.97 Å². The van der Waals surface area contributed by atoms with Crippen LogP contribution in [0.15, 0.2) is 6.33 Å². The van der Waals surface area contributed by atoms with E-state index in [1.54, 1.807) is 0 Å². The number of rotatable bonds is 4. The fourth-order valence-electron chi connectivity index (χ4n) is 0.927. The number of carbonyl (C=O) groups is 1. The maximum atomic E-state index is 12.6. The molecule has 0 aliphatic heterocycles. The maximum absolute atomic E-state index is 12.6. The van der Waals surface area contributed by atoms with Crippen molar-refractivity contribution in [1.29, 1.82) is 0 Å². The minimum Gasteiger partial charge on any atom is -0.471 e. The van der Waals surface area contributed by atoms with Crippen LogP contribution in [-0.4, -0.2) is 35.6 Å². The maximum Gasteiger partial charge on any atom is 0.346 e. The highest BCUT2D eigenvalue weighted by Gasteiger charge is 2.26. The van der Waals surface area contributed by atoms with Crippen LogP contribution >= 0.6 is 11.6 Å². The molecule has 0 saturated heterocycles. The average Bonchev–Trinajstić information content (AvgIpc) is 2.24. The van der Waals surface area contributed by atoms with Crippen LogP contribution in [0.2, 0.25) is 5.15 Å². The molecular formula is C9H9ClF2N2O3. The third-order valence-electron chi connectivity index (χ3n) is 1.62. The van der Waals surface area contributed by atoms with Crippen molar-refractivity contribution in [3.63, 3.8) is 0 Å². The van der Waals surface area contributed by atoms with E-state index in [-0.39, 0.29) is 16.6 Å². The molecule has 0 spiro atoms. The molecule has 0 atom stereocenters. The molecule has 0 aromatic carbocycles. The predicted octanol–water partition coefficient (Wildman–Crippen LogP) is 1.95. The van der Waals surface area contributed by atoms with E-state index in [2.05, 4.69) is 14.7 Å². The Kier molecular flexibility index (Phi) is 4.17. The lowest BCUT2D eigenvalue weighted by Crippen LogP contribution is -2.22. The number of nitrogens with zero attached hydrogens (tertiary/aromatic N) is 2. The Balaban J connectivity index is 2.99. The van der Waals surface area contributed by atoms with Crippen molar-refractivity contribution < 1.29 is 23.0 Å². The zero-order valence-corrected chi connectivity index (χ0v) is 9.79. The number of methoxy groups -OCH3 is 1. The largest absolute Gasteiger partial charge is 0.471 e. The lowest BCUT2D eigenvalue weighted by molar-refractivity contribution is -0.0247. The average molecular weight is 267 g/mol. The first-order chi connectivity index (χ1) is 7.85. The molecular weight excluding hydrogens is 258 g/mol. The first kappa shape index (κ1) is 13.6. The summed E-state index contributed by atoms with van der Waals surface area (Å²) in [5.74, 6) is -4.24. The van der Waals surface area contributed by atoms with E-state index in [1.807, 2.05) is 0 Å². The Bertz CT molecular complexity index is 423. The molecule has 1 aromatic rings. The van der Waals surface area contributed by atoms with Gasteiger partial charge in [0.25, 0.3) is 5.92 Å². The van der Waals surface area contributed by atoms with Crippen molar-refractivity contribution in [3.05, 3.63) is 17.0 Å². The minimum atomic E-state index is -3.05. The van der Waals surface area contributed by atoms with Gasteiger partial charge in [-0.25, -0.2) is 23.5 Å². The quantitative estimate of drug-likeness (QED) is 0.616. The third-order valence-corrected chi connectivity index (χ3v) is 1.90. The molecule has 8 heteroatoms. The molecule has 0 aliphatic rings. The van der Waals surface area contributed by atoms with Gasteiger partial charge in [0.15, 0.2) is 17.3 Å².